The average Bonchev–Trinajstić information content (AvgIpc) is 2.19. The highest BCUT2D eigenvalue weighted by Crippen LogP contribution is 2.42. The maximum atomic E-state index is 10.8. The number of aliphatic carboxylic acids is 2. The van der Waals surface area contributed by atoms with Crippen molar-refractivity contribution in [3.63, 3.8) is 0 Å². The topological polar surface area (TPSA) is 74.6 Å². The van der Waals surface area contributed by atoms with Crippen LogP contribution < -0.4 is 0 Å². The normalized spacial score (nSPS) is 15.1. The van der Waals surface area contributed by atoms with Gasteiger partial charge in [0, 0.05) is 10.5 Å². The van der Waals surface area contributed by atoms with Crippen molar-refractivity contribution in [2.24, 2.45) is 5.41 Å². The smallest absolute Gasteiger partial charge is 0.304 e. The van der Waals surface area contributed by atoms with Crippen molar-refractivity contribution >= 4 is 33.5 Å². The predicted octanol–water partition coefficient (Wildman–Crippen LogP) is 3.51. The molecule has 6 heteroatoms. The van der Waals surface area contributed by atoms with Crippen LogP contribution in [-0.2, 0) is 9.59 Å². The standard InChI is InChI=1S/C12H22O4S2/c1-5-8(6-10(13)14)17-18-9(7-11(15)16)12(2,3)4/h8-9H,5-7H2,1-4H3,(H,13,14)(H,15,16). The van der Waals surface area contributed by atoms with Crippen LogP contribution in [0.15, 0.2) is 0 Å². The quantitative estimate of drug-likeness (QED) is 0.667. The Bertz CT molecular complexity index is 286. The molecular formula is C12H22O4S2. The molecule has 0 aliphatic carbocycles. The third-order valence-corrected chi connectivity index (χ3v) is 6.33. The van der Waals surface area contributed by atoms with E-state index >= 15 is 0 Å². The molecule has 0 fully saturated rings. The summed E-state index contributed by atoms with van der Waals surface area (Å²) in [6.07, 6.45) is 0.997. The Morgan fingerprint density at radius 3 is 1.89 bits per heavy atom. The Morgan fingerprint density at radius 1 is 1.06 bits per heavy atom. The van der Waals surface area contributed by atoms with E-state index in [0.717, 1.165) is 6.42 Å². The Balaban J connectivity index is 4.40. The van der Waals surface area contributed by atoms with Gasteiger partial charge in [-0.15, -0.1) is 0 Å². The lowest BCUT2D eigenvalue weighted by Gasteiger charge is -2.29. The SMILES string of the molecule is CCC(CC(=O)O)SSC(CC(=O)O)C(C)(C)C. The molecular weight excluding hydrogens is 272 g/mol. The first kappa shape index (κ1) is 17.6. The number of hydrogen-bond acceptors (Lipinski definition) is 4. The zero-order chi connectivity index (χ0) is 14.3. The third-order valence-electron chi connectivity index (χ3n) is 2.49. The molecule has 0 spiro atoms. The van der Waals surface area contributed by atoms with Gasteiger partial charge in [-0.2, -0.15) is 0 Å². The van der Waals surface area contributed by atoms with Gasteiger partial charge < -0.3 is 10.2 Å². The van der Waals surface area contributed by atoms with Crippen LogP contribution in [0.1, 0.15) is 47.0 Å². The van der Waals surface area contributed by atoms with Crippen molar-refractivity contribution in [2.45, 2.75) is 57.5 Å². The fourth-order valence-electron chi connectivity index (χ4n) is 1.23. The van der Waals surface area contributed by atoms with Crippen LogP contribution in [0, 0.1) is 5.41 Å². The van der Waals surface area contributed by atoms with Crippen molar-refractivity contribution in [3.05, 3.63) is 0 Å². The Morgan fingerprint density at radius 2 is 1.56 bits per heavy atom. The van der Waals surface area contributed by atoms with E-state index in [0.29, 0.717) is 0 Å². The Hall–Kier alpha value is -0.360. The maximum Gasteiger partial charge on any atom is 0.304 e. The summed E-state index contributed by atoms with van der Waals surface area (Å²) in [6, 6.07) is 0. The van der Waals surface area contributed by atoms with Crippen LogP contribution in [0.3, 0.4) is 0 Å². The lowest BCUT2D eigenvalue weighted by molar-refractivity contribution is -0.138. The molecule has 0 amide bonds. The van der Waals surface area contributed by atoms with E-state index in [9.17, 15) is 9.59 Å². The van der Waals surface area contributed by atoms with Gasteiger partial charge in [0.25, 0.3) is 0 Å². The first-order chi connectivity index (χ1) is 8.16. The molecule has 0 aromatic carbocycles. The second kappa shape index (κ2) is 7.94. The first-order valence-corrected chi connectivity index (χ1v) is 8.20. The monoisotopic (exact) mass is 294 g/mol. The van der Waals surface area contributed by atoms with Crippen LogP contribution in [0.2, 0.25) is 0 Å². The minimum Gasteiger partial charge on any atom is -0.481 e. The van der Waals surface area contributed by atoms with Gasteiger partial charge in [0.15, 0.2) is 0 Å². The summed E-state index contributed by atoms with van der Waals surface area (Å²) in [5.41, 5.74) is -0.114. The average molecular weight is 294 g/mol. The van der Waals surface area contributed by atoms with Crippen molar-refractivity contribution in [1.29, 1.82) is 0 Å². The maximum absolute atomic E-state index is 10.8. The van der Waals surface area contributed by atoms with E-state index < -0.39 is 11.9 Å². The van der Waals surface area contributed by atoms with E-state index in [2.05, 4.69) is 0 Å². The van der Waals surface area contributed by atoms with Gasteiger partial charge in [-0.25, -0.2) is 0 Å². The summed E-state index contributed by atoms with van der Waals surface area (Å²) >= 11 is 0. The molecule has 2 N–H and O–H groups in total. The number of carboxylic acid groups (broad SMARTS) is 2. The zero-order valence-corrected chi connectivity index (χ0v) is 12.9. The molecule has 0 aromatic rings. The van der Waals surface area contributed by atoms with Crippen LogP contribution in [0.25, 0.3) is 0 Å². The molecule has 0 aliphatic heterocycles. The van der Waals surface area contributed by atoms with E-state index in [4.69, 9.17) is 10.2 Å². The molecule has 18 heavy (non-hydrogen) atoms. The third kappa shape index (κ3) is 7.87. The van der Waals surface area contributed by atoms with E-state index in [1.807, 2.05) is 27.7 Å². The van der Waals surface area contributed by atoms with Crippen molar-refractivity contribution in [3.8, 4) is 0 Å². The number of carbonyl (C=O) groups is 2. The molecule has 0 bridgehead atoms. The molecule has 0 rings (SSSR count). The second-order valence-corrected chi connectivity index (χ2v) is 8.05. The van der Waals surface area contributed by atoms with Gasteiger partial charge in [0.1, 0.15) is 0 Å². The van der Waals surface area contributed by atoms with Crippen molar-refractivity contribution < 1.29 is 19.8 Å². The fraction of sp³-hybridized carbons (Fsp3) is 0.833. The van der Waals surface area contributed by atoms with Crippen LogP contribution >= 0.6 is 21.6 Å². The summed E-state index contributed by atoms with van der Waals surface area (Å²) in [5, 5.41) is 17.7. The largest absolute Gasteiger partial charge is 0.481 e. The van der Waals surface area contributed by atoms with Crippen LogP contribution in [0.5, 0.6) is 0 Å². The minimum atomic E-state index is -0.811. The highest BCUT2D eigenvalue weighted by atomic mass is 33.1. The van der Waals surface area contributed by atoms with Gasteiger partial charge in [-0.3, -0.25) is 9.59 Å². The summed E-state index contributed by atoms with van der Waals surface area (Å²) < 4.78 is 0. The molecule has 0 saturated carbocycles. The van der Waals surface area contributed by atoms with E-state index in [-0.39, 0.29) is 28.8 Å². The van der Waals surface area contributed by atoms with Crippen molar-refractivity contribution in [1.82, 2.24) is 0 Å². The van der Waals surface area contributed by atoms with Gasteiger partial charge in [0.05, 0.1) is 12.8 Å². The molecule has 2 unspecified atom stereocenters. The minimum absolute atomic E-state index is 0.0251. The zero-order valence-electron chi connectivity index (χ0n) is 11.3. The lowest BCUT2D eigenvalue weighted by atomic mass is 9.90. The summed E-state index contributed by atoms with van der Waals surface area (Å²) in [4.78, 5) is 21.5. The predicted molar refractivity (Wildman–Crippen MR) is 77.0 cm³/mol. The van der Waals surface area contributed by atoms with Crippen LogP contribution in [-0.4, -0.2) is 32.7 Å². The first-order valence-electron chi connectivity index (χ1n) is 5.92. The lowest BCUT2D eigenvalue weighted by Crippen LogP contribution is -2.25. The molecule has 0 saturated heterocycles. The van der Waals surface area contributed by atoms with Crippen molar-refractivity contribution in [2.75, 3.05) is 0 Å². The number of hydrogen-bond donors (Lipinski definition) is 2. The Kier molecular flexibility index (Phi) is 7.78. The molecule has 2 atom stereocenters. The van der Waals surface area contributed by atoms with Gasteiger partial charge in [-0.1, -0.05) is 49.3 Å². The molecule has 0 aromatic heterocycles. The Labute approximate surface area is 116 Å². The molecule has 0 heterocycles. The van der Waals surface area contributed by atoms with E-state index in [1.54, 1.807) is 0 Å². The molecule has 0 aliphatic rings. The highest BCUT2D eigenvalue weighted by molar-refractivity contribution is 8.77. The van der Waals surface area contributed by atoms with Gasteiger partial charge >= 0.3 is 11.9 Å². The van der Waals surface area contributed by atoms with Gasteiger partial charge in [-0.05, 0) is 11.8 Å². The summed E-state index contributed by atoms with van der Waals surface area (Å²) in [6.45, 7) is 7.97. The van der Waals surface area contributed by atoms with E-state index in [1.165, 1.54) is 21.6 Å². The molecule has 4 nitrogen and oxygen atoms in total. The highest BCUT2D eigenvalue weighted by Gasteiger charge is 2.29. The molecule has 106 valence electrons. The second-order valence-electron chi connectivity index (χ2n) is 5.27. The number of rotatable bonds is 8. The molecule has 0 radical (unpaired) electrons. The fourth-order valence-corrected chi connectivity index (χ4v) is 4.92. The van der Waals surface area contributed by atoms with Crippen LogP contribution in [0.4, 0.5) is 0 Å². The summed E-state index contributed by atoms with van der Waals surface area (Å²) in [5.74, 6) is -1.62. The number of carboxylic acids is 2. The van der Waals surface area contributed by atoms with Gasteiger partial charge in [0.2, 0.25) is 0 Å². The summed E-state index contributed by atoms with van der Waals surface area (Å²) in [7, 11) is 3.00.